The Morgan fingerprint density at radius 3 is 3.08 bits per heavy atom. The van der Waals surface area contributed by atoms with E-state index in [4.69, 9.17) is 9.72 Å². The summed E-state index contributed by atoms with van der Waals surface area (Å²) in [6, 6.07) is 5.62. The number of nitrogens with zero attached hydrogens (tertiary/aromatic N) is 5. The number of aromatic amines is 1. The molecule has 1 aliphatic carbocycles. The standard InChI is InChI=1S/C17H17N7O2/c25-16-13-6-10(26-16)8-23(13)17-19-15(12-2-1-5-24(12)22-17)18-14-7-11(20-21-14)9-3-4-9/h1-2,5,7,9-10,13H,3-4,6,8H2,(H2,18,19,20,21,22)/t10-,13+/m0/s1. The van der Waals surface area contributed by atoms with Crippen molar-refractivity contribution in [1.82, 2.24) is 24.8 Å². The molecule has 2 atom stereocenters. The number of ether oxygens (including phenoxy) is 1. The number of anilines is 3. The third kappa shape index (κ3) is 2.09. The number of nitrogens with one attached hydrogen (secondary N) is 2. The van der Waals surface area contributed by atoms with Crippen LogP contribution in [0.3, 0.4) is 0 Å². The van der Waals surface area contributed by atoms with Gasteiger partial charge in [-0.2, -0.15) is 10.1 Å². The van der Waals surface area contributed by atoms with E-state index in [9.17, 15) is 4.79 Å². The van der Waals surface area contributed by atoms with Crippen LogP contribution in [0.25, 0.3) is 5.52 Å². The monoisotopic (exact) mass is 351 g/mol. The smallest absolute Gasteiger partial charge is 0.329 e. The van der Waals surface area contributed by atoms with Gasteiger partial charge in [0.05, 0.1) is 6.54 Å². The van der Waals surface area contributed by atoms with Crippen LogP contribution in [0.2, 0.25) is 0 Å². The van der Waals surface area contributed by atoms with Gasteiger partial charge in [0.2, 0.25) is 5.95 Å². The van der Waals surface area contributed by atoms with Gasteiger partial charge in [0.1, 0.15) is 17.7 Å². The van der Waals surface area contributed by atoms with Crippen molar-refractivity contribution in [2.24, 2.45) is 0 Å². The van der Waals surface area contributed by atoms with Crippen molar-refractivity contribution in [2.45, 2.75) is 37.3 Å². The van der Waals surface area contributed by atoms with E-state index in [2.05, 4.69) is 20.6 Å². The van der Waals surface area contributed by atoms with E-state index in [-0.39, 0.29) is 18.1 Å². The third-order valence-electron chi connectivity index (χ3n) is 5.32. The molecule has 2 aliphatic heterocycles. The first-order valence-electron chi connectivity index (χ1n) is 8.89. The molecule has 0 spiro atoms. The average Bonchev–Trinajstić information content (AvgIpc) is 3.03. The molecule has 132 valence electrons. The summed E-state index contributed by atoms with van der Waals surface area (Å²) < 4.78 is 7.04. The van der Waals surface area contributed by atoms with Crippen molar-refractivity contribution in [3.63, 3.8) is 0 Å². The van der Waals surface area contributed by atoms with Gasteiger partial charge in [-0.05, 0) is 25.0 Å². The quantitative estimate of drug-likeness (QED) is 0.688. The summed E-state index contributed by atoms with van der Waals surface area (Å²) in [5.41, 5.74) is 2.02. The number of aromatic nitrogens is 5. The highest BCUT2D eigenvalue weighted by Crippen LogP contribution is 2.40. The Morgan fingerprint density at radius 1 is 1.35 bits per heavy atom. The number of carbonyl (C=O) groups is 1. The zero-order chi connectivity index (χ0) is 17.3. The minimum Gasteiger partial charge on any atom is -0.459 e. The van der Waals surface area contributed by atoms with Gasteiger partial charge in [-0.25, -0.2) is 9.31 Å². The summed E-state index contributed by atoms with van der Waals surface area (Å²) in [5, 5.41) is 15.3. The number of morpholine rings is 1. The van der Waals surface area contributed by atoms with E-state index in [0.29, 0.717) is 30.6 Å². The second-order valence-electron chi connectivity index (χ2n) is 7.17. The minimum absolute atomic E-state index is 0.0553. The lowest BCUT2D eigenvalue weighted by Gasteiger charge is -2.25. The molecule has 2 saturated heterocycles. The number of hydrogen-bond donors (Lipinski definition) is 2. The predicted octanol–water partition coefficient (Wildman–Crippen LogP) is 1.58. The van der Waals surface area contributed by atoms with Crippen molar-refractivity contribution in [2.75, 3.05) is 16.8 Å². The molecule has 0 unspecified atom stereocenters. The molecule has 6 rings (SSSR count). The number of carbonyl (C=O) groups excluding carboxylic acids is 1. The summed E-state index contributed by atoms with van der Waals surface area (Å²) in [7, 11) is 0. The Labute approximate surface area is 148 Å². The summed E-state index contributed by atoms with van der Waals surface area (Å²) in [6.07, 6.45) is 4.96. The molecule has 2 N–H and O–H groups in total. The highest BCUT2D eigenvalue weighted by atomic mass is 16.6. The molecule has 3 fully saturated rings. The fourth-order valence-electron chi connectivity index (χ4n) is 3.83. The van der Waals surface area contributed by atoms with Crippen LogP contribution in [0.5, 0.6) is 0 Å². The number of fused-ring (bicyclic) bond motifs is 3. The van der Waals surface area contributed by atoms with E-state index < -0.39 is 0 Å². The van der Waals surface area contributed by atoms with Gasteiger partial charge >= 0.3 is 5.97 Å². The molecule has 26 heavy (non-hydrogen) atoms. The molecule has 3 aliphatic rings. The summed E-state index contributed by atoms with van der Waals surface area (Å²) in [6.45, 7) is 0.636. The Bertz CT molecular complexity index is 1020. The lowest BCUT2D eigenvalue weighted by atomic mass is 10.2. The van der Waals surface area contributed by atoms with Crippen LogP contribution in [0.15, 0.2) is 24.4 Å². The van der Waals surface area contributed by atoms with Gasteiger partial charge in [-0.15, -0.1) is 5.10 Å². The lowest BCUT2D eigenvalue weighted by Crippen LogP contribution is -2.41. The van der Waals surface area contributed by atoms with Crippen molar-refractivity contribution < 1.29 is 9.53 Å². The topological polar surface area (TPSA) is 100 Å². The second-order valence-corrected chi connectivity index (χ2v) is 7.17. The van der Waals surface area contributed by atoms with E-state index in [1.54, 1.807) is 4.52 Å². The fourth-order valence-corrected chi connectivity index (χ4v) is 3.83. The molecule has 9 heteroatoms. The number of esters is 1. The maximum atomic E-state index is 11.9. The maximum Gasteiger partial charge on any atom is 0.329 e. The van der Waals surface area contributed by atoms with Crippen LogP contribution in [0.4, 0.5) is 17.6 Å². The van der Waals surface area contributed by atoms with Gasteiger partial charge in [0, 0.05) is 30.3 Å². The van der Waals surface area contributed by atoms with Crippen molar-refractivity contribution >= 4 is 29.1 Å². The Hall–Kier alpha value is -3.10. The van der Waals surface area contributed by atoms with E-state index in [1.807, 2.05) is 29.3 Å². The SMILES string of the molecule is O=C1O[C@H]2C[C@H]1N(c1nc(Nc3cc(C4CC4)[nH]n3)c3cccn3n1)C2. The summed E-state index contributed by atoms with van der Waals surface area (Å²) in [5.74, 6) is 2.36. The van der Waals surface area contributed by atoms with Gasteiger partial charge in [0.25, 0.3) is 0 Å². The van der Waals surface area contributed by atoms with Gasteiger partial charge in [0.15, 0.2) is 11.6 Å². The highest BCUT2D eigenvalue weighted by Gasteiger charge is 2.47. The van der Waals surface area contributed by atoms with Crippen molar-refractivity contribution in [3.8, 4) is 0 Å². The first-order valence-corrected chi connectivity index (χ1v) is 8.89. The average molecular weight is 351 g/mol. The van der Waals surface area contributed by atoms with Crippen LogP contribution in [-0.2, 0) is 9.53 Å². The van der Waals surface area contributed by atoms with Gasteiger partial charge < -0.3 is 15.0 Å². The molecule has 2 bridgehead atoms. The van der Waals surface area contributed by atoms with Gasteiger partial charge in [-0.1, -0.05) is 0 Å². The van der Waals surface area contributed by atoms with Crippen LogP contribution in [-0.4, -0.2) is 49.5 Å². The number of hydrogen-bond acceptors (Lipinski definition) is 7. The zero-order valence-electron chi connectivity index (χ0n) is 13.9. The molecule has 5 heterocycles. The van der Waals surface area contributed by atoms with Crippen LogP contribution in [0.1, 0.15) is 30.9 Å². The first-order chi connectivity index (χ1) is 12.7. The van der Waals surface area contributed by atoms with E-state index in [0.717, 1.165) is 17.0 Å². The van der Waals surface area contributed by atoms with E-state index >= 15 is 0 Å². The molecular weight excluding hydrogens is 334 g/mol. The Morgan fingerprint density at radius 2 is 2.27 bits per heavy atom. The van der Waals surface area contributed by atoms with Crippen molar-refractivity contribution in [1.29, 1.82) is 0 Å². The predicted molar refractivity (Wildman–Crippen MR) is 92.5 cm³/mol. The van der Waals surface area contributed by atoms with E-state index in [1.165, 1.54) is 12.8 Å². The number of rotatable bonds is 4. The third-order valence-corrected chi connectivity index (χ3v) is 5.32. The minimum atomic E-state index is -0.285. The molecule has 0 amide bonds. The molecule has 0 aromatic carbocycles. The molecule has 1 saturated carbocycles. The molecule has 9 nitrogen and oxygen atoms in total. The largest absolute Gasteiger partial charge is 0.459 e. The lowest BCUT2D eigenvalue weighted by molar-refractivity contribution is -0.144. The zero-order valence-corrected chi connectivity index (χ0v) is 13.9. The van der Waals surface area contributed by atoms with Crippen molar-refractivity contribution in [3.05, 3.63) is 30.1 Å². The molecular formula is C17H17N7O2. The van der Waals surface area contributed by atoms with Crippen LogP contribution < -0.4 is 10.2 Å². The molecule has 0 radical (unpaired) electrons. The maximum absolute atomic E-state index is 11.9. The van der Waals surface area contributed by atoms with Gasteiger partial charge in [-0.3, -0.25) is 5.10 Å². The Kier molecular flexibility index (Phi) is 2.69. The highest BCUT2D eigenvalue weighted by molar-refractivity contribution is 5.84. The normalized spacial score (nSPS) is 24.5. The fraction of sp³-hybridized carbons (Fsp3) is 0.412. The van der Waals surface area contributed by atoms with Crippen LogP contribution in [0, 0.1) is 0 Å². The first kappa shape index (κ1) is 14.1. The summed E-state index contributed by atoms with van der Waals surface area (Å²) in [4.78, 5) is 18.6. The van der Waals surface area contributed by atoms with Crippen LogP contribution >= 0.6 is 0 Å². The molecule has 3 aromatic rings. The second kappa shape index (κ2) is 4.96. The summed E-state index contributed by atoms with van der Waals surface area (Å²) >= 11 is 0. The molecule has 3 aromatic heterocycles. The number of H-pyrrole nitrogens is 1. The Balaban J connectivity index is 1.38.